The largest absolute Gasteiger partial charge is 0.376 e. The molecule has 0 saturated carbocycles. The lowest BCUT2D eigenvalue weighted by molar-refractivity contribution is 0.122. The first kappa shape index (κ1) is 19.1. The van der Waals surface area contributed by atoms with Crippen LogP contribution in [0.3, 0.4) is 0 Å². The minimum Gasteiger partial charge on any atom is -0.376 e. The molecule has 1 aliphatic heterocycles. The van der Waals surface area contributed by atoms with Gasteiger partial charge in [-0.15, -0.1) is 0 Å². The number of hydrogen-bond acceptors (Lipinski definition) is 5. The first-order chi connectivity index (χ1) is 14.3. The molecule has 0 aliphatic carbocycles. The van der Waals surface area contributed by atoms with Crippen LogP contribution >= 0.6 is 0 Å². The van der Waals surface area contributed by atoms with Crippen molar-refractivity contribution in [1.82, 2.24) is 15.0 Å². The Bertz CT molecular complexity index is 914. The van der Waals surface area contributed by atoms with Crippen LogP contribution in [-0.2, 0) is 17.8 Å². The van der Waals surface area contributed by atoms with Gasteiger partial charge in [0.15, 0.2) is 5.82 Å². The highest BCUT2D eigenvalue weighted by Crippen LogP contribution is 2.26. The SMILES string of the molecule is O=C(Nc1ccccc1)N1CCC(c2nc(CCOCc3ccccc3)no2)C1. The number of carbonyl (C=O) groups excluding carboxylic acids is 1. The van der Waals surface area contributed by atoms with Gasteiger partial charge in [-0.2, -0.15) is 4.98 Å². The van der Waals surface area contributed by atoms with Gasteiger partial charge in [-0.25, -0.2) is 4.79 Å². The first-order valence-corrected chi connectivity index (χ1v) is 9.83. The molecule has 1 fully saturated rings. The van der Waals surface area contributed by atoms with Crippen LogP contribution in [0.5, 0.6) is 0 Å². The van der Waals surface area contributed by atoms with Gasteiger partial charge >= 0.3 is 6.03 Å². The predicted octanol–water partition coefficient (Wildman–Crippen LogP) is 3.85. The summed E-state index contributed by atoms with van der Waals surface area (Å²) in [6, 6.07) is 19.4. The van der Waals surface area contributed by atoms with E-state index in [1.54, 1.807) is 4.90 Å². The number of carbonyl (C=O) groups is 1. The summed E-state index contributed by atoms with van der Waals surface area (Å²) < 4.78 is 11.1. The Kier molecular flexibility index (Phi) is 6.16. The predicted molar refractivity (Wildman–Crippen MR) is 108 cm³/mol. The van der Waals surface area contributed by atoms with Gasteiger partial charge in [0.1, 0.15) is 0 Å². The highest BCUT2D eigenvalue weighted by Gasteiger charge is 2.31. The topological polar surface area (TPSA) is 80.5 Å². The Labute approximate surface area is 169 Å². The van der Waals surface area contributed by atoms with Crippen LogP contribution in [0.25, 0.3) is 0 Å². The number of hydrogen-bond donors (Lipinski definition) is 1. The molecule has 3 aromatic rings. The number of amides is 2. The molecule has 2 heterocycles. The lowest BCUT2D eigenvalue weighted by Crippen LogP contribution is -2.32. The number of para-hydroxylation sites is 1. The molecule has 4 rings (SSSR count). The van der Waals surface area contributed by atoms with Crippen LogP contribution in [0.2, 0.25) is 0 Å². The Morgan fingerprint density at radius 3 is 2.69 bits per heavy atom. The Balaban J connectivity index is 1.23. The maximum atomic E-state index is 12.4. The summed E-state index contributed by atoms with van der Waals surface area (Å²) in [5.41, 5.74) is 1.93. The van der Waals surface area contributed by atoms with Crippen molar-refractivity contribution in [3.05, 3.63) is 77.9 Å². The lowest BCUT2D eigenvalue weighted by Gasteiger charge is -2.16. The molecule has 1 unspecified atom stereocenters. The monoisotopic (exact) mass is 392 g/mol. The number of aromatic nitrogens is 2. The Hall–Kier alpha value is -3.19. The maximum Gasteiger partial charge on any atom is 0.321 e. The minimum atomic E-state index is -0.104. The second-order valence-corrected chi connectivity index (χ2v) is 7.06. The van der Waals surface area contributed by atoms with Crippen LogP contribution in [0.4, 0.5) is 10.5 Å². The van der Waals surface area contributed by atoms with E-state index in [-0.39, 0.29) is 11.9 Å². The van der Waals surface area contributed by atoms with Crippen LogP contribution in [0, 0.1) is 0 Å². The van der Waals surface area contributed by atoms with E-state index in [1.165, 1.54) is 0 Å². The van der Waals surface area contributed by atoms with Gasteiger partial charge in [-0.05, 0) is 24.1 Å². The second-order valence-electron chi connectivity index (χ2n) is 7.06. The molecule has 0 bridgehead atoms. The summed E-state index contributed by atoms with van der Waals surface area (Å²) >= 11 is 0. The highest BCUT2D eigenvalue weighted by molar-refractivity contribution is 5.89. The quantitative estimate of drug-likeness (QED) is 0.618. The molecular weight excluding hydrogens is 368 g/mol. The zero-order valence-electron chi connectivity index (χ0n) is 16.2. The van der Waals surface area contributed by atoms with Crippen molar-refractivity contribution in [2.45, 2.75) is 25.4 Å². The van der Waals surface area contributed by atoms with Gasteiger partial charge in [0.25, 0.3) is 0 Å². The Morgan fingerprint density at radius 2 is 1.90 bits per heavy atom. The standard InChI is InChI=1S/C22H24N4O3/c27-22(23-19-9-5-2-6-10-19)26-13-11-18(15-26)21-24-20(25-29-21)12-14-28-16-17-7-3-1-4-8-17/h1-10,18H,11-16H2,(H,23,27). The van der Waals surface area contributed by atoms with Gasteiger partial charge in [0.05, 0.1) is 19.1 Å². The van der Waals surface area contributed by atoms with Gasteiger partial charge in [0, 0.05) is 25.2 Å². The van der Waals surface area contributed by atoms with Crippen molar-refractivity contribution in [2.24, 2.45) is 0 Å². The van der Waals surface area contributed by atoms with Crippen molar-refractivity contribution >= 4 is 11.7 Å². The van der Waals surface area contributed by atoms with Crippen LogP contribution in [0.1, 0.15) is 29.6 Å². The molecule has 7 heteroatoms. The van der Waals surface area contributed by atoms with Gasteiger partial charge in [-0.1, -0.05) is 53.7 Å². The van der Waals surface area contributed by atoms with Crippen molar-refractivity contribution in [2.75, 3.05) is 25.0 Å². The van der Waals surface area contributed by atoms with E-state index in [4.69, 9.17) is 9.26 Å². The second kappa shape index (κ2) is 9.34. The third-order valence-electron chi connectivity index (χ3n) is 4.92. The van der Waals surface area contributed by atoms with Crippen LogP contribution in [-0.4, -0.2) is 40.8 Å². The Morgan fingerprint density at radius 1 is 1.14 bits per heavy atom. The van der Waals surface area contributed by atoms with Gasteiger partial charge in [0.2, 0.25) is 5.89 Å². The first-order valence-electron chi connectivity index (χ1n) is 9.83. The van der Waals surface area contributed by atoms with E-state index in [9.17, 15) is 4.79 Å². The summed E-state index contributed by atoms with van der Waals surface area (Å²) in [5, 5.41) is 6.97. The molecule has 2 amide bonds. The number of rotatable bonds is 7. The summed E-state index contributed by atoms with van der Waals surface area (Å²) in [4.78, 5) is 18.7. The van der Waals surface area contributed by atoms with E-state index in [2.05, 4.69) is 15.5 Å². The van der Waals surface area contributed by atoms with Gasteiger partial charge < -0.3 is 19.5 Å². The van der Waals surface area contributed by atoms with Crippen molar-refractivity contribution in [1.29, 1.82) is 0 Å². The number of urea groups is 1. The lowest BCUT2D eigenvalue weighted by atomic mass is 10.1. The third kappa shape index (κ3) is 5.20. The van der Waals surface area contributed by atoms with Crippen molar-refractivity contribution in [3.8, 4) is 0 Å². The zero-order chi connectivity index (χ0) is 19.9. The molecule has 1 aromatic heterocycles. The highest BCUT2D eigenvalue weighted by atomic mass is 16.5. The molecule has 29 heavy (non-hydrogen) atoms. The van der Waals surface area contributed by atoms with E-state index in [0.29, 0.717) is 44.4 Å². The number of anilines is 1. The fraction of sp³-hybridized carbons (Fsp3) is 0.318. The number of nitrogens with zero attached hydrogens (tertiary/aromatic N) is 3. The average molecular weight is 392 g/mol. The van der Waals surface area contributed by atoms with E-state index in [1.807, 2.05) is 60.7 Å². The molecule has 1 saturated heterocycles. The van der Waals surface area contributed by atoms with Gasteiger partial charge in [-0.3, -0.25) is 0 Å². The molecule has 0 radical (unpaired) electrons. The fourth-order valence-electron chi connectivity index (χ4n) is 3.33. The summed E-state index contributed by atoms with van der Waals surface area (Å²) in [6.45, 7) is 2.34. The molecule has 150 valence electrons. The van der Waals surface area contributed by atoms with E-state index < -0.39 is 0 Å². The molecule has 7 nitrogen and oxygen atoms in total. The summed E-state index contributed by atoms with van der Waals surface area (Å²) in [5.74, 6) is 1.31. The van der Waals surface area contributed by atoms with E-state index in [0.717, 1.165) is 17.7 Å². The third-order valence-corrected chi connectivity index (χ3v) is 4.92. The number of likely N-dealkylation sites (tertiary alicyclic amines) is 1. The van der Waals surface area contributed by atoms with Crippen LogP contribution in [0.15, 0.2) is 65.2 Å². The normalized spacial score (nSPS) is 16.1. The number of ether oxygens (including phenoxy) is 1. The fourth-order valence-corrected chi connectivity index (χ4v) is 3.33. The minimum absolute atomic E-state index is 0.0722. The summed E-state index contributed by atoms with van der Waals surface area (Å²) in [6.07, 6.45) is 1.41. The van der Waals surface area contributed by atoms with Crippen LogP contribution < -0.4 is 5.32 Å². The average Bonchev–Trinajstić information content (AvgIpc) is 3.42. The molecule has 0 spiro atoms. The molecule has 1 N–H and O–H groups in total. The molecule has 1 atom stereocenters. The van der Waals surface area contributed by atoms with Crippen molar-refractivity contribution in [3.63, 3.8) is 0 Å². The summed E-state index contributed by atoms with van der Waals surface area (Å²) in [7, 11) is 0. The zero-order valence-corrected chi connectivity index (χ0v) is 16.2. The number of benzene rings is 2. The molecule has 1 aliphatic rings. The maximum absolute atomic E-state index is 12.4. The number of nitrogens with one attached hydrogen (secondary N) is 1. The molecular formula is C22H24N4O3. The molecule has 2 aromatic carbocycles. The van der Waals surface area contributed by atoms with Crippen molar-refractivity contribution < 1.29 is 14.1 Å². The van der Waals surface area contributed by atoms with E-state index >= 15 is 0 Å². The smallest absolute Gasteiger partial charge is 0.321 e.